The molecule has 4 amide bonds. The number of amides is 4. The highest BCUT2D eigenvalue weighted by molar-refractivity contribution is 7.90. The number of nitrogens with two attached hydrogens (primary N) is 1. The molecule has 4 aromatic rings. The number of likely N-dealkylation sites (tertiary alicyclic amines) is 2. The van der Waals surface area contributed by atoms with E-state index in [2.05, 4.69) is 0 Å². The van der Waals surface area contributed by atoms with Gasteiger partial charge >= 0.3 is 0 Å². The van der Waals surface area contributed by atoms with E-state index in [1.165, 1.54) is 36.6 Å². The van der Waals surface area contributed by atoms with Gasteiger partial charge in [-0.25, -0.2) is 30.9 Å². The Morgan fingerprint density at radius 3 is 1.44 bits per heavy atom. The summed E-state index contributed by atoms with van der Waals surface area (Å²) in [6, 6.07) is 24.1. The van der Waals surface area contributed by atoms with E-state index in [0.717, 1.165) is 7.11 Å². The van der Waals surface area contributed by atoms with Gasteiger partial charge in [0.05, 0.1) is 39.3 Å². The summed E-state index contributed by atoms with van der Waals surface area (Å²) in [5, 5.41) is 11.5. The predicted octanol–water partition coefficient (Wildman–Crippen LogP) is 9.52. The monoisotopic (exact) mass is 1200 g/mol. The number of piperidine rings is 2. The molecule has 0 bridgehead atoms. The summed E-state index contributed by atoms with van der Waals surface area (Å²) in [5.41, 5.74) is 3.66. The number of likely N-dealkylation sites (N-methyl/N-ethyl adjacent to an activating group) is 2. The number of nitrogens with zero attached hydrogens (tertiary/aromatic N) is 4. The maximum absolute atomic E-state index is 16.8. The van der Waals surface area contributed by atoms with Gasteiger partial charge in [-0.15, -0.1) is 0 Å². The van der Waals surface area contributed by atoms with Crippen LogP contribution in [0.15, 0.2) is 97.1 Å². The molecule has 2 aliphatic carbocycles. The molecule has 10 unspecified atom stereocenters. The number of hydrogen-bond donors (Lipinski definition) is 3. The molecule has 428 valence electrons. The highest BCUT2D eigenvalue weighted by atomic mass is 35.5. The number of nitrogens with one attached hydrogen (secondary N) is 1. The molecule has 2 heterocycles. The van der Waals surface area contributed by atoms with Crippen molar-refractivity contribution in [1.82, 2.24) is 23.9 Å². The number of sulfonamides is 2. The third-order valence-electron chi connectivity index (χ3n) is 17.4. The molecule has 16 nitrogen and oxygen atoms in total. The average Bonchev–Trinajstić information content (AvgIpc) is 4.48. The Morgan fingerprint density at radius 2 is 1.09 bits per heavy atom. The van der Waals surface area contributed by atoms with E-state index in [0.29, 0.717) is 68.0 Å². The molecule has 22 heteroatoms. The Balaban J connectivity index is 1.41. The van der Waals surface area contributed by atoms with E-state index in [1.54, 1.807) is 100 Å². The third-order valence-corrected chi connectivity index (χ3v) is 23.0. The Hall–Kier alpha value is -4.34. The van der Waals surface area contributed by atoms with Crippen molar-refractivity contribution in [2.24, 2.45) is 22.5 Å². The molecule has 8 rings (SSSR count). The Kier molecular flexibility index (Phi) is 18.1. The number of primary amides is 1. The number of benzene rings is 4. The lowest BCUT2D eigenvalue weighted by Crippen LogP contribution is -2.75. The number of carbonyl (C=O) groups excluding carboxylic acids is 4. The first-order valence-electron chi connectivity index (χ1n) is 26.6. The molecule has 4 aliphatic rings. The lowest BCUT2D eigenvalue weighted by atomic mass is 9.50. The molecule has 4 N–H and O–H groups in total. The Labute approximate surface area is 484 Å². The van der Waals surface area contributed by atoms with Crippen LogP contribution in [0.2, 0.25) is 20.1 Å². The van der Waals surface area contributed by atoms with Crippen LogP contribution in [0.3, 0.4) is 0 Å². The molecule has 4 fully saturated rings. The number of rotatable bonds is 22. The minimum atomic E-state index is -3.82. The van der Waals surface area contributed by atoms with Crippen LogP contribution in [0.4, 0.5) is 0 Å². The first kappa shape index (κ1) is 60.7. The molecule has 0 radical (unpaired) electrons. The van der Waals surface area contributed by atoms with Gasteiger partial charge in [0.1, 0.15) is 0 Å². The summed E-state index contributed by atoms with van der Waals surface area (Å²) in [6.07, 6.45) is 1.78. The van der Waals surface area contributed by atoms with Crippen molar-refractivity contribution in [2.45, 2.75) is 131 Å². The number of halogens is 4. The first-order chi connectivity index (χ1) is 37.3. The smallest absolute Gasteiger partial charge is 0.251 e. The molecular weight excluding hydrogens is 1130 g/mol. The van der Waals surface area contributed by atoms with Gasteiger partial charge in [-0.1, -0.05) is 109 Å². The molecule has 10 atom stereocenters. The predicted molar refractivity (Wildman–Crippen MR) is 306 cm³/mol. The number of carbonyl (C=O) groups is 4. The van der Waals surface area contributed by atoms with Gasteiger partial charge in [0.25, 0.3) is 11.8 Å². The fraction of sp³-hybridized carbons (Fsp3) is 0.509. The minimum Gasteiger partial charge on any atom is -0.367 e. The van der Waals surface area contributed by atoms with Gasteiger partial charge in [-0.05, 0) is 136 Å². The maximum atomic E-state index is 16.8. The molecule has 2 aliphatic heterocycles. The minimum absolute atomic E-state index is 0.173. The molecule has 2 saturated heterocycles. The second-order valence-electron chi connectivity index (χ2n) is 22.3. The molecular formula is C57H70Cl4N6O10S2. The third kappa shape index (κ3) is 11.2. The molecule has 2 saturated carbocycles. The van der Waals surface area contributed by atoms with E-state index in [1.807, 2.05) is 26.0 Å². The SMILES string of the molecule is CCC(CN(C)S(=O)(=O)C1CC1)N1C(=O)C(C)(C(C(=O)NO)C(OC)(C(N)=O)C2(C)CC(c3cccc(Cl)c3)C(c3ccc(Cl)cc3)N(C(CC)CN(C)S(=O)(=O)C3CC3)C2=O)CC(c2cccc(Cl)c2)C1c1ccc(Cl)cc1. The van der Waals surface area contributed by atoms with Crippen LogP contribution in [0, 0.1) is 16.7 Å². The zero-order valence-electron chi connectivity index (χ0n) is 45.3. The van der Waals surface area contributed by atoms with Crippen molar-refractivity contribution in [3.8, 4) is 0 Å². The quantitative estimate of drug-likeness (QED) is 0.0500. The lowest BCUT2D eigenvalue weighted by molar-refractivity contribution is -0.217. The van der Waals surface area contributed by atoms with Crippen LogP contribution < -0.4 is 11.2 Å². The van der Waals surface area contributed by atoms with E-state index < -0.39 is 113 Å². The van der Waals surface area contributed by atoms with Crippen molar-refractivity contribution in [3.63, 3.8) is 0 Å². The molecule has 0 spiro atoms. The summed E-state index contributed by atoms with van der Waals surface area (Å²) >= 11 is 26.6. The summed E-state index contributed by atoms with van der Waals surface area (Å²) in [6.45, 7) is 6.23. The number of ether oxygens (including phenoxy) is 1. The van der Waals surface area contributed by atoms with E-state index in [9.17, 15) is 22.0 Å². The van der Waals surface area contributed by atoms with Crippen LogP contribution in [-0.2, 0) is 44.0 Å². The fourth-order valence-electron chi connectivity index (χ4n) is 13.1. The van der Waals surface area contributed by atoms with Gasteiger partial charge < -0.3 is 20.3 Å². The Bertz CT molecular complexity index is 3170. The zero-order chi connectivity index (χ0) is 57.7. The largest absolute Gasteiger partial charge is 0.367 e. The number of hydroxylamine groups is 1. The number of methoxy groups -OCH3 is 1. The lowest BCUT2D eigenvalue weighted by Gasteiger charge is -2.61. The van der Waals surface area contributed by atoms with Gasteiger partial charge in [-0.3, -0.25) is 24.4 Å². The van der Waals surface area contributed by atoms with Crippen molar-refractivity contribution in [2.75, 3.05) is 34.3 Å². The van der Waals surface area contributed by atoms with Crippen LogP contribution >= 0.6 is 46.4 Å². The maximum Gasteiger partial charge on any atom is 0.251 e. The van der Waals surface area contributed by atoms with Crippen molar-refractivity contribution >= 4 is 90.1 Å². The summed E-state index contributed by atoms with van der Waals surface area (Å²) in [4.78, 5) is 67.8. The normalized spacial score (nSPS) is 25.9. The highest BCUT2D eigenvalue weighted by Gasteiger charge is 2.74. The standard InChI is InChI=1S/C57H70Cl4N6O10S2/c1-8-42(32-64(5)78(73,74)44-24-25-44)66-48(34-16-20-38(58)21-17-34)46(36-12-10-14-40(60)28-36)30-55(3,53(66)70)50(51(68)63-72)57(77-7,52(62)69)56(4)31-47(37-13-11-15-41(61)29-37)49(35-18-22-39(59)23-19-35)67(54(56)71)43(9-2)33-65(6)79(75,76)45-26-27-45/h10-23,28-29,42-50,72H,8-9,24-27,30-33H2,1-7H3,(H2,62,69)(H,63,68). The van der Waals surface area contributed by atoms with Crippen molar-refractivity contribution < 1.29 is 46.0 Å². The van der Waals surface area contributed by atoms with Crippen molar-refractivity contribution in [1.29, 1.82) is 0 Å². The van der Waals surface area contributed by atoms with Gasteiger partial charge in [0.15, 0.2) is 5.60 Å². The van der Waals surface area contributed by atoms with E-state index >= 15 is 19.2 Å². The Morgan fingerprint density at radius 1 is 0.684 bits per heavy atom. The number of hydrogen-bond acceptors (Lipinski definition) is 10. The summed E-state index contributed by atoms with van der Waals surface area (Å²) in [5.74, 6) is -7.90. The zero-order valence-corrected chi connectivity index (χ0v) is 50.0. The first-order valence-corrected chi connectivity index (χ1v) is 31.2. The average molecular weight is 1210 g/mol. The van der Waals surface area contributed by atoms with Gasteiger partial charge in [-0.2, -0.15) is 0 Å². The molecule has 4 aromatic carbocycles. The summed E-state index contributed by atoms with van der Waals surface area (Å²) < 4.78 is 64.9. The van der Waals surface area contributed by atoms with Crippen LogP contribution in [0.1, 0.15) is 125 Å². The van der Waals surface area contributed by atoms with Crippen LogP contribution in [0.5, 0.6) is 0 Å². The fourth-order valence-corrected chi connectivity index (χ4v) is 17.0. The topological polar surface area (TPSA) is 217 Å². The summed E-state index contributed by atoms with van der Waals surface area (Å²) in [7, 11) is -3.57. The van der Waals surface area contributed by atoms with Gasteiger partial charge in [0.2, 0.25) is 31.9 Å². The molecule has 0 aromatic heterocycles. The molecule has 79 heavy (non-hydrogen) atoms. The van der Waals surface area contributed by atoms with Crippen molar-refractivity contribution in [3.05, 3.63) is 139 Å². The van der Waals surface area contributed by atoms with E-state index in [4.69, 9.17) is 56.9 Å². The second-order valence-corrected chi connectivity index (χ2v) is 28.7. The second kappa shape index (κ2) is 23.5. The van der Waals surface area contributed by atoms with E-state index in [-0.39, 0.29) is 38.8 Å². The van der Waals surface area contributed by atoms with Crippen LogP contribution in [-0.4, -0.2) is 127 Å². The highest BCUT2D eigenvalue weighted by Crippen LogP contribution is 2.63. The van der Waals surface area contributed by atoms with Crippen LogP contribution in [0.25, 0.3) is 0 Å². The van der Waals surface area contributed by atoms with Gasteiger partial charge in [0, 0.05) is 78.3 Å².